The molecule has 0 bridgehead atoms. The van der Waals surface area contributed by atoms with Crippen LogP contribution in [0.4, 0.5) is 19.4 Å². The molecule has 0 saturated carbocycles. The summed E-state index contributed by atoms with van der Waals surface area (Å²) in [6, 6.07) is 4.59. The third kappa shape index (κ3) is 4.54. The van der Waals surface area contributed by atoms with E-state index in [4.69, 9.17) is 16.3 Å². The van der Waals surface area contributed by atoms with E-state index in [9.17, 15) is 18.4 Å². The number of carbonyl (C=O) groups excluding carboxylic acids is 1. The van der Waals surface area contributed by atoms with Gasteiger partial charge in [-0.3, -0.25) is 10.1 Å². The zero-order chi connectivity index (χ0) is 19.6. The molecule has 1 saturated heterocycles. The van der Waals surface area contributed by atoms with Crippen LogP contribution in [0.3, 0.4) is 0 Å². The Balaban J connectivity index is 1.54. The Morgan fingerprint density at radius 2 is 2.00 bits per heavy atom. The molecule has 1 aliphatic rings. The molecule has 0 spiro atoms. The molecule has 0 aliphatic carbocycles. The summed E-state index contributed by atoms with van der Waals surface area (Å²) < 4.78 is 33.4. The second-order valence-corrected chi connectivity index (χ2v) is 6.52. The Bertz CT molecular complexity index is 890. The van der Waals surface area contributed by atoms with Crippen LogP contribution in [0, 0.1) is 11.6 Å². The topological polar surface area (TPSA) is 76.5 Å². The second-order valence-electron chi connectivity index (χ2n) is 6.12. The van der Waals surface area contributed by atoms with Gasteiger partial charge < -0.3 is 9.64 Å². The number of anilines is 1. The number of nitrogens with one attached hydrogen (secondary N) is 1. The van der Waals surface area contributed by atoms with Crippen molar-refractivity contribution in [2.75, 3.05) is 18.4 Å². The fourth-order valence-corrected chi connectivity index (χ4v) is 2.92. The monoisotopic (exact) mass is 398 g/mol. The first-order valence-corrected chi connectivity index (χ1v) is 8.63. The number of hydrogen-bond acceptors (Lipinski definition) is 4. The van der Waals surface area contributed by atoms with Crippen molar-refractivity contribution in [3.63, 3.8) is 0 Å². The second kappa shape index (κ2) is 7.91. The zero-order valence-electron chi connectivity index (χ0n) is 14.4. The molecule has 0 atom stereocenters. The number of carbonyl (C=O) groups is 1. The number of urea groups is 1. The molecular weight excluding hydrogens is 382 g/mol. The van der Waals surface area contributed by atoms with Crippen molar-refractivity contribution in [2.45, 2.75) is 18.9 Å². The number of ether oxygens (including phenoxy) is 1. The van der Waals surface area contributed by atoms with E-state index in [0.717, 1.165) is 10.7 Å². The van der Waals surface area contributed by atoms with E-state index in [-0.39, 0.29) is 34.3 Å². The van der Waals surface area contributed by atoms with Crippen molar-refractivity contribution in [3.8, 4) is 5.75 Å². The lowest BCUT2D eigenvalue weighted by Gasteiger charge is -2.32. The van der Waals surface area contributed by atoms with Gasteiger partial charge in [0.15, 0.2) is 17.5 Å². The average molecular weight is 399 g/mol. The molecule has 3 rings (SSSR count). The molecule has 144 valence electrons. The predicted octanol–water partition coefficient (Wildman–Crippen LogP) is 2.79. The number of benzene rings is 1. The van der Waals surface area contributed by atoms with Crippen molar-refractivity contribution < 1.29 is 18.3 Å². The van der Waals surface area contributed by atoms with Crippen LogP contribution in [-0.2, 0) is 7.05 Å². The third-order valence-electron chi connectivity index (χ3n) is 4.18. The Hall–Kier alpha value is -2.68. The number of piperidine rings is 1. The van der Waals surface area contributed by atoms with Crippen LogP contribution in [-0.4, -0.2) is 39.9 Å². The van der Waals surface area contributed by atoms with Crippen LogP contribution < -0.4 is 15.6 Å². The van der Waals surface area contributed by atoms with Gasteiger partial charge in [0.05, 0.1) is 5.02 Å². The summed E-state index contributed by atoms with van der Waals surface area (Å²) in [6.07, 6.45) is 0.792. The first-order chi connectivity index (χ1) is 12.8. The summed E-state index contributed by atoms with van der Waals surface area (Å²) in [5.74, 6) is -1.75. The first kappa shape index (κ1) is 19.1. The number of likely N-dealkylation sites (tertiary alicyclic amines) is 1. The molecule has 0 unspecified atom stereocenters. The summed E-state index contributed by atoms with van der Waals surface area (Å²) >= 11 is 5.62. The van der Waals surface area contributed by atoms with E-state index < -0.39 is 11.6 Å². The molecule has 1 aromatic carbocycles. The Morgan fingerprint density at radius 3 is 2.63 bits per heavy atom. The van der Waals surface area contributed by atoms with Crippen molar-refractivity contribution in [3.05, 3.63) is 51.3 Å². The molecule has 2 heterocycles. The standard InChI is InChI=1S/C17H17ClF2N4O3/c1-23-15(25)3-2-14(22-23)21-17(26)24-6-4-10(5-7-24)27-11-8-12(18)16(20)13(19)9-11/h2-3,8-10H,4-7H2,1H3,(H,21,22,26). The molecule has 1 N–H and O–H groups in total. The minimum atomic E-state index is -1.11. The smallest absolute Gasteiger partial charge is 0.323 e. The van der Waals surface area contributed by atoms with Gasteiger partial charge in [-0.15, -0.1) is 0 Å². The lowest BCUT2D eigenvalue weighted by atomic mass is 10.1. The molecule has 27 heavy (non-hydrogen) atoms. The number of aryl methyl sites for hydroxylation is 1. The van der Waals surface area contributed by atoms with E-state index in [0.29, 0.717) is 25.9 Å². The average Bonchev–Trinajstić information content (AvgIpc) is 2.63. The van der Waals surface area contributed by atoms with Gasteiger partial charge in [-0.2, -0.15) is 5.10 Å². The minimum Gasteiger partial charge on any atom is -0.490 e. The summed E-state index contributed by atoms with van der Waals surface area (Å²) in [5.41, 5.74) is -0.275. The minimum absolute atomic E-state index is 0.149. The highest BCUT2D eigenvalue weighted by Gasteiger charge is 2.25. The van der Waals surface area contributed by atoms with Gasteiger partial charge in [-0.05, 0) is 6.07 Å². The number of amides is 2. The van der Waals surface area contributed by atoms with E-state index in [1.807, 2.05) is 0 Å². The largest absolute Gasteiger partial charge is 0.490 e. The predicted molar refractivity (Wildman–Crippen MR) is 95.1 cm³/mol. The molecule has 0 radical (unpaired) electrons. The molecule has 2 aromatic rings. The highest BCUT2D eigenvalue weighted by atomic mass is 35.5. The van der Waals surface area contributed by atoms with Crippen molar-refractivity contribution >= 4 is 23.4 Å². The third-order valence-corrected chi connectivity index (χ3v) is 4.46. The van der Waals surface area contributed by atoms with Gasteiger partial charge in [0, 0.05) is 51.2 Å². The SMILES string of the molecule is Cn1nc(NC(=O)N2CCC(Oc3cc(F)c(F)c(Cl)c3)CC2)ccc1=O. The maximum atomic E-state index is 13.4. The van der Waals surface area contributed by atoms with Gasteiger partial charge in [0.25, 0.3) is 5.56 Å². The lowest BCUT2D eigenvalue weighted by Crippen LogP contribution is -2.44. The molecular formula is C17H17ClF2N4O3. The van der Waals surface area contributed by atoms with Crippen LogP contribution in [0.5, 0.6) is 5.75 Å². The van der Waals surface area contributed by atoms with E-state index >= 15 is 0 Å². The maximum Gasteiger partial charge on any atom is 0.323 e. The Labute approximate surface area is 158 Å². The van der Waals surface area contributed by atoms with Gasteiger partial charge in [-0.25, -0.2) is 18.3 Å². The normalized spacial score (nSPS) is 14.9. The molecule has 1 fully saturated rings. The van der Waals surface area contributed by atoms with Gasteiger partial charge in [-0.1, -0.05) is 11.6 Å². The lowest BCUT2D eigenvalue weighted by molar-refractivity contribution is 0.115. The van der Waals surface area contributed by atoms with E-state index in [1.54, 1.807) is 4.90 Å². The van der Waals surface area contributed by atoms with Crippen LogP contribution in [0.15, 0.2) is 29.1 Å². The summed E-state index contributed by atoms with van der Waals surface area (Å²) in [4.78, 5) is 25.2. The fourth-order valence-electron chi connectivity index (χ4n) is 2.73. The van der Waals surface area contributed by atoms with E-state index in [1.165, 1.54) is 25.2 Å². The van der Waals surface area contributed by atoms with Crippen LogP contribution in [0.1, 0.15) is 12.8 Å². The number of rotatable bonds is 3. The molecule has 10 heteroatoms. The van der Waals surface area contributed by atoms with Crippen LogP contribution in [0.2, 0.25) is 5.02 Å². The Morgan fingerprint density at radius 1 is 1.30 bits per heavy atom. The van der Waals surface area contributed by atoms with Crippen LogP contribution in [0.25, 0.3) is 0 Å². The Kier molecular flexibility index (Phi) is 5.59. The molecule has 1 aliphatic heterocycles. The maximum absolute atomic E-state index is 13.4. The number of aromatic nitrogens is 2. The van der Waals surface area contributed by atoms with Crippen molar-refractivity contribution in [2.24, 2.45) is 7.05 Å². The summed E-state index contributed by atoms with van der Waals surface area (Å²) in [5, 5.41) is 6.23. The van der Waals surface area contributed by atoms with Gasteiger partial charge >= 0.3 is 6.03 Å². The fraction of sp³-hybridized carbons (Fsp3) is 0.353. The molecule has 7 nitrogen and oxygen atoms in total. The number of hydrogen-bond donors (Lipinski definition) is 1. The van der Waals surface area contributed by atoms with Gasteiger partial charge in [0.2, 0.25) is 0 Å². The van der Waals surface area contributed by atoms with Gasteiger partial charge in [0.1, 0.15) is 11.9 Å². The summed E-state index contributed by atoms with van der Waals surface area (Å²) in [6.45, 7) is 0.833. The highest BCUT2D eigenvalue weighted by Crippen LogP contribution is 2.27. The molecule has 2 amide bonds. The number of nitrogens with zero attached hydrogens (tertiary/aromatic N) is 3. The van der Waals surface area contributed by atoms with E-state index in [2.05, 4.69) is 10.4 Å². The molecule has 1 aromatic heterocycles. The first-order valence-electron chi connectivity index (χ1n) is 8.25. The van der Waals surface area contributed by atoms with Crippen LogP contribution >= 0.6 is 11.6 Å². The quantitative estimate of drug-likeness (QED) is 0.807. The van der Waals surface area contributed by atoms with Crippen molar-refractivity contribution in [1.82, 2.24) is 14.7 Å². The summed E-state index contributed by atoms with van der Waals surface area (Å²) in [7, 11) is 1.49. The zero-order valence-corrected chi connectivity index (χ0v) is 15.2. The van der Waals surface area contributed by atoms with Crippen molar-refractivity contribution in [1.29, 1.82) is 0 Å². The number of halogens is 3. The highest BCUT2D eigenvalue weighted by molar-refractivity contribution is 6.30.